The van der Waals surface area contributed by atoms with Crippen LogP contribution in [-0.4, -0.2) is 24.7 Å². The molecule has 68 valence electrons. The Morgan fingerprint density at radius 3 is 3.00 bits per heavy atom. The van der Waals surface area contributed by atoms with Crippen molar-refractivity contribution >= 4 is 11.7 Å². The number of fused-ring (bicyclic) bond motifs is 1. The van der Waals surface area contributed by atoms with E-state index in [4.69, 9.17) is 5.11 Å². The number of carboxylic acids is 1. The summed E-state index contributed by atoms with van der Waals surface area (Å²) < 4.78 is 0. The minimum Gasteiger partial charge on any atom is -0.478 e. The number of anilines is 1. The second-order valence-corrected chi connectivity index (χ2v) is 3.32. The molecule has 0 unspecified atom stereocenters. The van der Waals surface area contributed by atoms with Crippen molar-refractivity contribution in [2.45, 2.75) is 6.42 Å². The van der Waals surface area contributed by atoms with Gasteiger partial charge in [-0.05, 0) is 30.2 Å². The molecule has 0 radical (unpaired) electrons. The molecule has 0 saturated heterocycles. The third-order valence-electron chi connectivity index (χ3n) is 2.45. The first-order valence-corrected chi connectivity index (χ1v) is 4.26. The highest BCUT2D eigenvalue weighted by Crippen LogP contribution is 2.27. The van der Waals surface area contributed by atoms with Crippen LogP contribution >= 0.6 is 0 Å². The second kappa shape index (κ2) is 2.76. The molecule has 0 amide bonds. The van der Waals surface area contributed by atoms with Crippen molar-refractivity contribution in [3.8, 4) is 0 Å². The summed E-state index contributed by atoms with van der Waals surface area (Å²) in [5.74, 6) is -0.850. The Hall–Kier alpha value is -1.51. The zero-order valence-corrected chi connectivity index (χ0v) is 7.45. The molecular weight excluding hydrogens is 166 g/mol. The lowest BCUT2D eigenvalue weighted by atomic mass is 10.1. The Morgan fingerprint density at radius 1 is 1.54 bits per heavy atom. The van der Waals surface area contributed by atoms with Gasteiger partial charge in [0.05, 0.1) is 5.56 Å². The van der Waals surface area contributed by atoms with Crippen molar-refractivity contribution < 1.29 is 9.90 Å². The molecular formula is C10H11NO2. The van der Waals surface area contributed by atoms with Gasteiger partial charge in [0.1, 0.15) is 0 Å². The third kappa shape index (κ3) is 1.26. The summed E-state index contributed by atoms with van der Waals surface area (Å²) in [6, 6.07) is 5.30. The number of nitrogens with zero attached hydrogens (tertiary/aromatic N) is 1. The number of aromatic carboxylic acids is 1. The molecule has 0 bridgehead atoms. The summed E-state index contributed by atoms with van der Waals surface area (Å²) in [5.41, 5.74) is 2.68. The number of hydrogen-bond donors (Lipinski definition) is 1. The van der Waals surface area contributed by atoms with Gasteiger partial charge in [-0.25, -0.2) is 4.79 Å². The Balaban J connectivity index is 2.45. The fourth-order valence-corrected chi connectivity index (χ4v) is 1.70. The van der Waals surface area contributed by atoms with Crippen LogP contribution in [0.5, 0.6) is 0 Å². The van der Waals surface area contributed by atoms with Gasteiger partial charge < -0.3 is 10.0 Å². The Kier molecular flexibility index (Phi) is 1.72. The fraction of sp³-hybridized carbons (Fsp3) is 0.300. The van der Waals surface area contributed by atoms with Gasteiger partial charge in [0.25, 0.3) is 0 Å². The van der Waals surface area contributed by atoms with E-state index in [0.29, 0.717) is 5.56 Å². The van der Waals surface area contributed by atoms with Gasteiger partial charge in [0.2, 0.25) is 0 Å². The quantitative estimate of drug-likeness (QED) is 0.704. The van der Waals surface area contributed by atoms with Crippen LogP contribution in [0, 0.1) is 0 Å². The summed E-state index contributed by atoms with van der Waals surface area (Å²) in [4.78, 5) is 12.8. The van der Waals surface area contributed by atoms with E-state index in [-0.39, 0.29) is 0 Å². The average molecular weight is 177 g/mol. The third-order valence-corrected chi connectivity index (χ3v) is 2.45. The topological polar surface area (TPSA) is 40.5 Å². The molecule has 0 aromatic heterocycles. The van der Waals surface area contributed by atoms with E-state index in [1.807, 2.05) is 13.1 Å². The zero-order chi connectivity index (χ0) is 9.42. The lowest BCUT2D eigenvalue weighted by molar-refractivity contribution is 0.0697. The highest BCUT2D eigenvalue weighted by Gasteiger charge is 2.16. The smallest absolute Gasteiger partial charge is 0.335 e. The largest absolute Gasteiger partial charge is 0.478 e. The van der Waals surface area contributed by atoms with Crippen LogP contribution in [0.4, 0.5) is 5.69 Å². The van der Waals surface area contributed by atoms with Gasteiger partial charge in [0, 0.05) is 19.3 Å². The molecule has 1 heterocycles. The first-order chi connectivity index (χ1) is 6.18. The van der Waals surface area contributed by atoms with Crippen molar-refractivity contribution in [2.24, 2.45) is 0 Å². The SMILES string of the molecule is CN1CCc2cc(C(=O)O)ccc21. The van der Waals surface area contributed by atoms with Gasteiger partial charge in [-0.2, -0.15) is 0 Å². The van der Waals surface area contributed by atoms with E-state index < -0.39 is 5.97 Å². The molecule has 0 fully saturated rings. The van der Waals surface area contributed by atoms with Gasteiger partial charge in [-0.1, -0.05) is 0 Å². The lowest BCUT2D eigenvalue weighted by Gasteiger charge is -2.11. The molecule has 0 aliphatic carbocycles. The summed E-state index contributed by atoms with van der Waals surface area (Å²) in [6.07, 6.45) is 0.951. The van der Waals surface area contributed by atoms with Gasteiger partial charge in [0.15, 0.2) is 0 Å². The molecule has 1 aromatic rings. The highest BCUT2D eigenvalue weighted by molar-refractivity contribution is 5.88. The molecule has 0 atom stereocenters. The minimum atomic E-state index is -0.850. The highest BCUT2D eigenvalue weighted by atomic mass is 16.4. The van der Waals surface area contributed by atoms with Gasteiger partial charge in [-0.15, -0.1) is 0 Å². The van der Waals surface area contributed by atoms with Crippen molar-refractivity contribution in [1.82, 2.24) is 0 Å². The minimum absolute atomic E-state index is 0.383. The number of rotatable bonds is 1. The van der Waals surface area contributed by atoms with E-state index in [2.05, 4.69) is 4.90 Å². The van der Waals surface area contributed by atoms with Crippen molar-refractivity contribution in [1.29, 1.82) is 0 Å². The molecule has 3 heteroatoms. The zero-order valence-electron chi connectivity index (χ0n) is 7.45. The first kappa shape index (κ1) is 8.10. The van der Waals surface area contributed by atoms with Crippen LogP contribution < -0.4 is 4.90 Å². The number of hydrogen-bond acceptors (Lipinski definition) is 2. The van der Waals surface area contributed by atoms with Crippen molar-refractivity contribution in [3.05, 3.63) is 29.3 Å². The molecule has 1 aliphatic rings. The van der Waals surface area contributed by atoms with E-state index in [9.17, 15) is 4.79 Å². The maximum absolute atomic E-state index is 10.7. The van der Waals surface area contributed by atoms with Crippen molar-refractivity contribution in [3.63, 3.8) is 0 Å². The van der Waals surface area contributed by atoms with Crippen LogP contribution in [0.2, 0.25) is 0 Å². The van der Waals surface area contributed by atoms with E-state index >= 15 is 0 Å². The monoisotopic (exact) mass is 177 g/mol. The number of carboxylic acid groups (broad SMARTS) is 1. The number of benzene rings is 1. The summed E-state index contributed by atoms with van der Waals surface area (Å²) in [6.45, 7) is 0.985. The van der Waals surface area contributed by atoms with Crippen LogP contribution in [-0.2, 0) is 6.42 Å². The molecule has 13 heavy (non-hydrogen) atoms. The van der Waals surface area contributed by atoms with E-state index in [1.165, 1.54) is 0 Å². The Morgan fingerprint density at radius 2 is 2.31 bits per heavy atom. The van der Waals surface area contributed by atoms with Crippen LogP contribution in [0.3, 0.4) is 0 Å². The predicted molar refractivity (Wildman–Crippen MR) is 50.4 cm³/mol. The summed E-state index contributed by atoms with van der Waals surface area (Å²) in [5, 5.41) is 8.77. The molecule has 0 spiro atoms. The van der Waals surface area contributed by atoms with E-state index in [0.717, 1.165) is 24.2 Å². The lowest BCUT2D eigenvalue weighted by Crippen LogP contribution is -2.12. The maximum atomic E-state index is 10.7. The van der Waals surface area contributed by atoms with Gasteiger partial charge >= 0.3 is 5.97 Å². The Labute approximate surface area is 76.6 Å². The number of likely N-dealkylation sites (N-methyl/N-ethyl adjacent to an activating group) is 1. The van der Waals surface area contributed by atoms with Gasteiger partial charge in [-0.3, -0.25) is 0 Å². The van der Waals surface area contributed by atoms with Crippen LogP contribution in [0.15, 0.2) is 18.2 Å². The van der Waals surface area contributed by atoms with Crippen molar-refractivity contribution in [2.75, 3.05) is 18.5 Å². The Bertz CT molecular complexity index is 360. The molecule has 0 saturated carbocycles. The molecule has 3 nitrogen and oxygen atoms in total. The van der Waals surface area contributed by atoms with Crippen LogP contribution in [0.1, 0.15) is 15.9 Å². The summed E-state index contributed by atoms with van der Waals surface area (Å²) in [7, 11) is 2.02. The molecule has 1 aliphatic heterocycles. The maximum Gasteiger partial charge on any atom is 0.335 e. The molecule has 1 aromatic carbocycles. The van der Waals surface area contributed by atoms with E-state index in [1.54, 1.807) is 12.1 Å². The fourth-order valence-electron chi connectivity index (χ4n) is 1.70. The number of carbonyl (C=O) groups is 1. The standard InChI is InChI=1S/C10H11NO2/c1-11-5-4-7-6-8(10(12)13)2-3-9(7)11/h2-3,6H,4-5H2,1H3,(H,12,13). The predicted octanol–water partition coefficient (Wildman–Crippen LogP) is 1.38. The second-order valence-electron chi connectivity index (χ2n) is 3.32. The normalized spacial score (nSPS) is 14.4. The summed E-state index contributed by atoms with van der Waals surface area (Å²) >= 11 is 0. The molecule has 2 rings (SSSR count). The first-order valence-electron chi connectivity index (χ1n) is 4.26. The molecule has 1 N–H and O–H groups in total. The average Bonchev–Trinajstić information content (AvgIpc) is 2.47. The van der Waals surface area contributed by atoms with Crippen LogP contribution in [0.25, 0.3) is 0 Å².